The molecule has 1 saturated heterocycles. The predicted molar refractivity (Wildman–Crippen MR) is 83.4 cm³/mol. The third kappa shape index (κ3) is 5.81. The third-order valence-corrected chi connectivity index (χ3v) is 4.68. The number of rotatable bonds is 9. The Morgan fingerprint density at radius 2 is 2.00 bits per heavy atom. The van der Waals surface area contributed by atoms with E-state index >= 15 is 0 Å². The van der Waals surface area contributed by atoms with Crippen molar-refractivity contribution in [3.8, 4) is 6.07 Å². The Bertz CT molecular complexity index is 322. The van der Waals surface area contributed by atoms with Gasteiger partial charge in [0.15, 0.2) is 0 Å². The van der Waals surface area contributed by atoms with Gasteiger partial charge in [0.25, 0.3) is 0 Å². The second kappa shape index (κ2) is 7.43. The van der Waals surface area contributed by atoms with Gasteiger partial charge in [-0.05, 0) is 71.4 Å². The van der Waals surface area contributed by atoms with E-state index in [0.29, 0.717) is 0 Å². The zero-order valence-electron chi connectivity index (χ0n) is 13.3. The van der Waals surface area contributed by atoms with Crippen LogP contribution >= 0.6 is 0 Å². The Kier molecular flexibility index (Phi) is 5.86. The minimum Gasteiger partial charge on any atom is -0.313 e. The largest absolute Gasteiger partial charge is 0.313 e. The van der Waals surface area contributed by atoms with Gasteiger partial charge in [0.05, 0.1) is 11.5 Å². The molecule has 0 spiro atoms. The molecule has 3 heteroatoms. The van der Waals surface area contributed by atoms with Crippen LogP contribution in [-0.2, 0) is 0 Å². The first-order valence-electron chi connectivity index (χ1n) is 8.46. The van der Waals surface area contributed by atoms with Crippen LogP contribution in [0.25, 0.3) is 0 Å². The van der Waals surface area contributed by atoms with Gasteiger partial charge in [-0.3, -0.25) is 0 Å². The van der Waals surface area contributed by atoms with E-state index in [2.05, 4.69) is 30.1 Å². The predicted octanol–water partition coefficient (Wildman–Crippen LogP) is 3.17. The molecule has 0 aromatic carbocycles. The molecule has 20 heavy (non-hydrogen) atoms. The third-order valence-electron chi connectivity index (χ3n) is 4.68. The SMILES string of the molecule is CC(C)(C#N)CCCCN(CC1CC1)CC1CCCN1. The summed E-state index contributed by atoms with van der Waals surface area (Å²) in [5.74, 6) is 0.979. The number of nitrogens with zero attached hydrogens (tertiary/aromatic N) is 2. The average Bonchev–Trinajstić information content (AvgIpc) is 3.08. The fourth-order valence-electron chi connectivity index (χ4n) is 3.11. The molecule has 1 unspecified atom stereocenters. The fraction of sp³-hybridized carbons (Fsp3) is 0.941. The Balaban J connectivity index is 1.66. The monoisotopic (exact) mass is 277 g/mol. The molecule has 0 aromatic rings. The Labute approximate surface area is 124 Å². The summed E-state index contributed by atoms with van der Waals surface area (Å²) in [5.41, 5.74) is -0.145. The van der Waals surface area contributed by atoms with Gasteiger partial charge in [0.1, 0.15) is 0 Å². The van der Waals surface area contributed by atoms with Crippen LogP contribution in [0.15, 0.2) is 0 Å². The first kappa shape index (κ1) is 15.8. The van der Waals surface area contributed by atoms with Crippen molar-refractivity contribution in [1.82, 2.24) is 10.2 Å². The highest BCUT2D eigenvalue weighted by Crippen LogP contribution is 2.30. The molecular weight excluding hydrogens is 246 g/mol. The Morgan fingerprint density at radius 3 is 2.60 bits per heavy atom. The van der Waals surface area contributed by atoms with Crippen LogP contribution in [-0.4, -0.2) is 37.1 Å². The molecule has 1 atom stereocenters. The van der Waals surface area contributed by atoms with Crippen molar-refractivity contribution >= 4 is 0 Å². The molecule has 0 radical (unpaired) electrons. The zero-order chi connectivity index (χ0) is 14.4. The second-order valence-corrected chi connectivity index (χ2v) is 7.45. The standard InChI is InChI=1S/C17H31N3/c1-17(2,14-18)9-3-4-11-20(12-15-7-8-15)13-16-6-5-10-19-16/h15-16,19H,3-13H2,1-2H3. The van der Waals surface area contributed by atoms with E-state index in [1.807, 2.05) is 0 Å². The molecule has 0 amide bonds. The van der Waals surface area contributed by atoms with Crippen LogP contribution in [0.4, 0.5) is 0 Å². The van der Waals surface area contributed by atoms with Crippen LogP contribution in [0.5, 0.6) is 0 Å². The fourth-order valence-corrected chi connectivity index (χ4v) is 3.11. The number of hydrogen-bond acceptors (Lipinski definition) is 3. The molecule has 3 nitrogen and oxygen atoms in total. The van der Waals surface area contributed by atoms with Crippen LogP contribution in [0.2, 0.25) is 0 Å². The van der Waals surface area contributed by atoms with Gasteiger partial charge in [-0.2, -0.15) is 5.26 Å². The first-order valence-corrected chi connectivity index (χ1v) is 8.46. The Hall–Kier alpha value is -0.590. The van der Waals surface area contributed by atoms with Crippen molar-refractivity contribution < 1.29 is 0 Å². The van der Waals surface area contributed by atoms with E-state index in [4.69, 9.17) is 5.26 Å². The van der Waals surface area contributed by atoms with Gasteiger partial charge >= 0.3 is 0 Å². The number of unbranched alkanes of at least 4 members (excludes halogenated alkanes) is 1. The molecule has 114 valence electrons. The van der Waals surface area contributed by atoms with Crippen molar-refractivity contribution in [2.45, 2.75) is 64.8 Å². The normalized spacial score (nSPS) is 23.2. The van der Waals surface area contributed by atoms with Gasteiger partial charge in [0, 0.05) is 19.1 Å². The van der Waals surface area contributed by atoms with Crippen LogP contribution < -0.4 is 5.32 Å². The quantitative estimate of drug-likeness (QED) is 0.658. The molecule has 1 aliphatic carbocycles. The molecule has 1 N–H and O–H groups in total. The molecule has 2 fully saturated rings. The van der Waals surface area contributed by atoms with Crippen molar-refractivity contribution in [1.29, 1.82) is 5.26 Å². The lowest BCUT2D eigenvalue weighted by atomic mass is 9.89. The maximum absolute atomic E-state index is 9.05. The molecule has 0 aromatic heterocycles. The van der Waals surface area contributed by atoms with Crippen molar-refractivity contribution in [2.75, 3.05) is 26.2 Å². The molecule has 2 rings (SSSR count). The van der Waals surface area contributed by atoms with Crippen molar-refractivity contribution in [3.63, 3.8) is 0 Å². The van der Waals surface area contributed by atoms with Gasteiger partial charge in [0.2, 0.25) is 0 Å². The first-order chi connectivity index (χ1) is 9.59. The minimum absolute atomic E-state index is 0.145. The highest BCUT2D eigenvalue weighted by atomic mass is 15.2. The highest BCUT2D eigenvalue weighted by molar-refractivity contribution is 4.91. The lowest BCUT2D eigenvalue weighted by Gasteiger charge is -2.26. The van der Waals surface area contributed by atoms with Crippen LogP contribution in [0.3, 0.4) is 0 Å². The number of nitrogens with one attached hydrogen (secondary N) is 1. The average molecular weight is 277 g/mol. The lowest BCUT2D eigenvalue weighted by molar-refractivity contribution is 0.231. The molecule has 2 aliphatic rings. The lowest BCUT2D eigenvalue weighted by Crippen LogP contribution is -2.39. The summed E-state index contributed by atoms with van der Waals surface area (Å²) in [5, 5.41) is 12.7. The van der Waals surface area contributed by atoms with Crippen LogP contribution in [0, 0.1) is 22.7 Å². The van der Waals surface area contributed by atoms with Gasteiger partial charge < -0.3 is 10.2 Å². The van der Waals surface area contributed by atoms with E-state index in [1.54, 1.807) is 0 Å². The molecule has 1 saturated carbocycles. The molecular formula is C17H31N3. The highest BCUT2D eigenvalue weighted by Gasteiger charge is 2.26. The van der Waals surface area contributed by atoms with Gasteiger partial charge in [-0.25, -0.2) is 0 Å². The molecule has 0 bridgehead atoms. The summed E-state index contributed by atoms with van der Waals surface area (Å²) in [4.78, 5) is 2.68. The number of hydrogen-bond donors (Lipinski definition) is 1. The van der Waals surface area contributed by atoms with Crippen molar-refractivity contribution in [3.05, 3.63) is 0 Å². The van der Waals surface area contributed by atoms with E-state index in [9.17, 15) is 0 Å². The zero-order valence-corrected chi connectivity index (χ0v) is 13.3. The van der Waals surface area contributed by atoms with E-state index < -0.39 is 0 Å². The van der Waals surface area contributed by atoms with Gasteiger partial charge in [-0.15, -0.1) is 0 Å². The summed E-state index contributed by atoms with van der Waals surface area (Å²) < 4.78 is 0. The summed E-state index contributed by atoms with van der Waals surface area (Å²) in [7, 11) is 0. The summed E-state index contributed by atoms with van der Waals surface area (Å²) in [6.45, 7) is 9.07. The minimum atomic E-state index is -0.145. The molecule has 1 aliphatic heterocycles. The second-order valence-electron chi connectivity index (χ2n) is 7.45. The van der Waals surface area contributed by atoms with E-state index in [-0.39, 0.29) is 5.41 Å². The maximum atomic E-state index is 9.05. The topological polar surface area (TPSA) is 39.1 Å². The Morgan fingerprint density at radius 1 is 1.20 bits per heavy atom. The van der Waals surface area contributed by atoms with E-state index in [0.717, 1.165) is 18.4 Å². The number of nitriles is 1. The summed E-state index contributed by atoms with van der Waals surface area (Å²) in [6, 6.07) is 3.13. The maximum Gasteiger partial charge on any atom is 0.0683 e. The smallest absolute Gasteiger partial charge is 0.0683 e. The summed E-state index contributed by atoms with van der Waals surface area (Å²) in [6.07, 6.45) is 9.03. The summed E-state index contributed by atoms with van der Waals surface area (Å²) >= 11 is 0. The van der Waals surface area contributed by atoms with Gasteiger partial charge in [-0.1, -0.05) is 6.42 Å². The van der Waals surface area contributed by atoms with E-state index in [1.165, 1.54) is 64.7 Å². The van der Waals surface area contributed by atoms with Crippen molar-refractivity contribution in [2.24, 2.45) is 11.3 Å². The molecule has 1 heterocycles. The van der Waals surface area contributed by atoms with Crippen LogP contribution in [0.1, 0.15) is 58.8 Å².